The lowest BCUT2D eigenvalue weighted by molar-refractivity contribution is 0.0203. The van der Waals surface area contributed by atoms with Crippen molar-refractivity contribution in [2.24, 2.45) is 0 Å². The molecule has 1 aliphatic heterocycles. The maximum absolute atomic E-state index is 12.2. The van der Waals surface area contributed by atoms with E-state index in [0.717, 1.165) is 6.42 Å². The number of hydrogen-bond acceptors (Lipinski definition) is 5. The van der Waals surface area contributed by atoms with Crippen LogP contribution in [0.5, 0.6) is 0 Å². The molecule has 1 fully saturated rings. The number of aromatic nitrogens is 1. The minimum atomic E-state index is -1.13. The number of carboxylic acids is 1. The number of ether oxygens (including phenoxy) is 1. The van der Waals surface area contributed by atoms with Crippen LogP contribution in [-0.4, -0.2) is 39.2 Å². The van der Waals surface area contributed by atoms with E-state index in [1.165, 1.54) is 0 Å². The molecule has 0 saturated carbocycles. The van der Waals surface area contributed by atoms with Crippen molar-refractivity contribution in [1.82, 2.24) is 9.88 Å². The molecule has 0 aromatic carbocycles. The number of carbonyl (C=O) groups excluding carboxylic acids is 1. The van der Waals surface area contributed by atoms with Crippen LogP contribution in [0.3, 0.4) is 0 Å². The van der Waals surface area contributed by atoms with Gasteiger partial charge in [-0.2, -0.15) is 0 Å². The fourth-order valence-electron chi connectivity index (χ4n) is 2.32. The summed E-state index contributed by atoms with van der Waals surface area (Å²) in [6.07, 6.45) is 1.05. The molecule has 0 unspecified atom stereocenters. The normalized spacial score (nSPS) is 18.9. The predicted molar refractivity (Wildman–Crippen MR) is 73.1 cm³/mol. The second-order valence-corrected chi connectivity index (χ2v) is 6.09. The molecule has 1 amide bonds. The van der Waals surface area contributed by atoms with Crippen molar-refractivity contribution in [3.8, 4) is 0 Å². The molecule has 116 valence electrons. The molecule has 1 aromatic rings. The SMILES string of the molecule is Cc1oc([C@@H]2CCCN2C(=O)OC(C)(C)C)nc1C(=O)O. The van der Waals surface area contributed by atoms with Gasteiger partial charge in [-0.25, -0.2) is 14.6 Å². The Labute approximate surface area is 122 Å². The van der Waals surface area contributed by atoms with Crippen LogP contribution in [0.4, 0.5) is 4.79 Å². The van der Waals surface area contributed by atoms with Crippen LogP contribution in [0.2, 0.25) is 0 Å². The Kier molecular flexibility index (Phi) is 3.93. The number of amides is 1. The molecular weight excluding hydrogens is 276 g/mol. The predicted octanol–water partition coefficient (Wildman–Crippen LogP) is 2.75. The number of aromatic carboxylic acids is 1. The zero-order chi connectivity index (χ0) is 15.8. The van der Waals surface area contributed by atoms with Crippen LogP contribution >= 0.6 is 0 Å². The molecule has 7 heteroatoms. The smallest absolute Gasteiger partial charge is 0.410 e. The summed E-state index contributed by atoms with van der Waals surface area (Å²) < 4.78 is 10.8. The van der Waals surface area contributed by atoms with Gasteiger partial charge >= 0.3 is 12.1 Å². The van der Waals surface area contributed by atoms with E-state index in [0.29, 0.717) is 13.0 Å². The van der Waals surface area contributed by atoms with Crippen LogP contribution in [0.1, 0.15) is 61.8 Å². The summed E-state index contributed by atoms with van der Waals surface area (Å²) in [7, 11) is 0. The van der Waals surface area contributed by atoms with Gasteiger partial charge in [0.1, 0.15) is 17.4 Å². The van der Waals surface area contributed by atoms with E-state index in [1.54, 1.807) is 32.6 Å². The highest BCUT2D eigenvalue weighted by molar-refractivity contribution is 5.86. The molecule has 1 saturated heterocycles. The van der Waals surface area contributed by atoms with Crippen molar-refractivity contribution >= 4 is 12.1 Å². The molecule has 2 heterocycles. The van der Waals surface area contributed by atoms with Crippen LogP contribution < -0.4 is 0 Å². The number of aryl methyl sites for hydroxylation is 1. The highest BCUT2D eigenvalue weighted by Gasteiger charge is 2.36. The zero-order valence-corrected chi connectivity index (χ0v) is 12.7. The summed E-state index contributed by atoms with van der Waals surface area (Å²) in [5.74, 6) is -0.633. The molecule has 0 radical (unpaired) electrons. The number of likely N-dealkylation sites (tertiary alicyclic amines) is 1. The van der Waals surface area contributed by atoms with Gasteiger partial charge in [-0.3, -0.25) is 4.90 Å². The van der Waals surface area contributed by atoms with E-state index in [1.807, 2.05) is 0 Å². The van der Waals surface area contributed by atoms with Crippen LogP contribution in [-0.2, 0) is 4.74 Å². The summed E-state index contributed by atoms with van der Waals surface area (Å²) in [4.78, 5) is 28.8. The Morgan fingerprint density at radius 2 is 2.10 bits per heavy atom. The number of rotatable bonds is 2. The third kappa shape index (κ3) is 3.34. The third-order valence-electron chi connectivity index (χ3n) is 3.18. The first-order valence-corrected chi connectivity index (χ1v) is 6.89. The molecular formula is C14H20N2O5. The van der Waals surface area contributed by atoms with Crippen molar-refractivity contribution in [3.05, 3.63) is 17.3 Å². The molecule has 1 N–H and O–H groups in total. The summed E-state index contributed by atoms with van der Waals surface area (Å²) in [6.45, 7) is 7.49. The van der Waals surface area contributed by atoms with Crippen LogP contribution in [0.25, 0.3) is 0 Å². The second kappa shape index (κ2) is 5.38. The highest BCUT2D eigenvalue weighted by atomic mass is 16.6. The molecule has 21 heavy (non-hydrogen) atoms. The molecule has 2 rings (SSSR count). The summed E-state index contributed by atoms with van der Waals surface area (Å²) in [6, 6.07) is -0.369. The van der Waals surface area contributed by atoms with Crippen molar-refractivity contribution in [3.63, 3.8) is 0 Å². The summed E-state index contributed by atoms with van der Waals surface area (Å²) >= 11 is 0. The van der Waals surface area contributed by atoms with Crippen molar-refractivity contribution < 1.29 is 23.8 Å². The number of nitrogens with zero attached hydrogens (tertiary/aromatic N) is 2. The fraction of sp³-hybridized carbons (Fsp3) is 0.643. The fourth-order valence-corrected chi connectivity index (χ4v) is 2.32. The van der Waals surface area contributed by atoms with Gasteiger partial charge in [0.15, 0.2) is 5.69 Å². The van der Waals surface area contributed by atoms with Gasteiger partial charge in [0.2, 0.25) is 5.89 Å². The van der Waals surface area contributed by atoms with Gasteiger partial charge in [-0.15, -0.1) is 0 Å². The van der Waals surface area contributed by atoms with Crippen molar-refractivity contribution in [1.29, 1.82) is 0 Å². The maximum atomic E-state index is 12.2. The zero-order valence-electron chi connectivity index (χ0n) is 12.7. The third-order valence-corrected chi connectivity index (χ3v) is 3.18. The van der Waals surface area contributed by atoms with Gasteiger partial charge in [-0.1, -0.05) is 0 Å². The Balaban J connectivity index is 2.21. The van der Waals surface area contributed by atoms with E-state index >= 15 is 0 Å². The van der Waals surface area contributed by atoms with E-state index in [9.17, 15) is 9.59 Å². The molecule has 0 aliphatic carbocycles. The molecule has 1 aromatic heterocycles. The van der Waals surface area contributed by atoms with Crippen LogP contribution in [0.15, 0.2) is 4.42 Å². The second-order valence-electron chi connectivity index (χ2n) is 6.09. The quantitative estimate of drug-likeness (QED) is 0.902. The molecule has 1 atom stereocenters. The first kappa shape index (κ1) is 15.3. The summed E-state index contributed by atoms with van der Waals surface area (Å²) in [5.41, 5.74) is -0.691. The number of hydrogen-bond donors (Lipinski definition) is 1. The van der Waals surface area contributed by atoms with E-state index in [-0.39, 0.29) is 23.4 Å². The topological polar surface area (TPSA) is 92.9 Å². The van der Waals surface area contributed by atoms with Gasteiger partial charge in [0, 0.05) is 6.54 Å². The maximum Gasteiger partial charge on any atom is 0.410 e. The Bertz CT molecular complexity index is 558. The van der Waals surface area contributed by atoms with Gasteiger partial charge in [0.25, 0.3) is 0 Å². The Morgan fingerprint density at radius 1 is 1.43 bits per heavy atom. The van der Waals surface area contributed by atoms with Gasteiger partial charge < -0.3 is 14.3 Å². The Hall–Kier alpha value is -2.05. The van der Waals surface area contributed by atoms with Gasteiger partial charge in [-0.05, 0) is 40.5 Å². The van der Waals surface area contributed by atoms with Crippen molar-refractivity contribution in [2.45, 2.75) is 52.2 Å². The van der Waals surface area contributed by atoms with E-state index < -0.39 is 17.7 Å². The number of carboxylic acid groups (broad SMARTS) is 1. The van der Waals surface area contributed by atoms with E-state index in [2.05, 4.69) is 4.98 Å². The first-order chi connectivity index (χ1) is 9.69. The lowest BCUT2D eigenvalue weighted by Gasteiger charge is -2.27. The molecule has 0 bridgehead atoms. The minimum Gasteiger partial charge on any atom is -0.476 e. The lowest BCUT2D eigenvalue weighted by Crippen LogP contribution is -2.36. The standard InChI is InChI=1S/C14H20N2O5/c1-8-10(12(17)18)15-11(20-8)9-6-5-7-16(9)13(19)21-14(2,3)4/h9H,5-7H2,1-4H3,(H,17,18)/t9-/m0/s1. The monoisotopic (exact) mass is 296 g/mol. The number of carbonyl (C=O) groups is 2. The van der Waals surface area contributed by atoms with Crippen LogP contribution in [0, 0.1) is 6.92 Å². The average molecular weight is 296 g/mol. The van der Waals surface area contributed by atoms with E-state index in [4.69, 9.17) is 14.3 Å². The molecule has 7 nitrogen and oxygen atoms in total. The molecule has 1 aliphatic rings. The largest absolute Gasteiger partial charge is 0.476 e. The first-order valence-electron chi connectivity index (χ1n) is 6.89. The van der Waals surface area contributed by atoms with Gasteiger partial charge in [0.05, 0.1) is 0 Å². The molecule has 0 spiro atoms. The minimum absolute atomic E-state index is 0.110. The van der Waals surface area contributed by atoms with Crippen molar-refractivity contribution in [2.75, 3.05) is 6.54 Å². The average Bonchev–Trinajstić information content (AvgIpc) is 2.91. The Morgan fingerprint density at radius 3 is 2.62 bits per heavy atom. The summed E-state index contributed by atoms with van der Waals surface area (Å²) in [5, 5.41) is 9.02. The highest BCUT2D eigenvalue weighted by Crippen LogP contribution is 2.33. The number of oxazole rings is 1. The lowest BCUT2D eigenvalue weighted by atomic mass is 10.2.